The van der Waals surface area contributed by atoms with E-state index in [1.165, 1.54) is 4.90 Å². The van der Waals surface area contributed by atoms with Crippen molar-refractivity contribution in [2.24, 2.45) is 0 Å². The Kier molecular flexibility index (Phi) is 5.30. The minimum Gasteiger partial charge on any atom is -0.497 e. The van der Waals surface area contributed by atoms with Crippen molar-refractivity contribution < 1.29 is 19.1 Å². The number of hydrogen-bond acceptors (Lipinski definition) is 4. The number of anilines is 1. The van der Waals surface area contributed by atoms with Crippen LogP contribution in [0.15, 0.2) is 48.5 Å². The highest BCUT2D eigenvalue weighted by atomic mass is 16.5. The van der Waals surface area contributed by atoms with E-state index in [9.17, 15) is 9.59 Å². The second-order valence-electron chi connectivity index (χ2n) is 6.07. The Labute approximate surface area is 156 Å². The molecule has 3 aromatic rings. The van der Waals surface area contributed by atoms with E-state index in [-0.39, 0.29) is 18.4 Å². The van der Waals surface area contributed by atoms with Crippen LogP contribution in [0.5, 0.6) is 11.5 Å². The average molecular weight is 367 g/mol. The summed E-state index contributed by atoms with van der Waals surface area (Å²) in [5.74, 6) is 0.857. The summed E-state index contributed by atoms with van der Waals surface area (Å²) in [5.41, 5.74) is 1.85. The third kappa shape index (κ3) is 4.20. The maximum Gasteiger partial charge on any atom is 0.270 e. The zero-order chi connectivity index (χ0) is 19.4. The third-order valence-corrected chi connectivity index (χ3v) is 4.16. The molecule has 2 amide bonds. The number of carbonyl (C=O) groups excluding carboxylic acids is 2. The van der Waals surface area contributed by atoms with Crippen LogP contribution in [0.2, 0.25) is 0 Å². The molecule has 0 unspecified atom stereocenters. The van der Waals surface area contributed by atoms with E-state index in [2.05, 4.69) is 10.3 Å². The lowest BCUT2D eigenvalue weighted by Gasteiger charge is -2.16. The summed E-state index contributed by atoms with van der Waals surface area (Å²) in [6.45, 7) is -0.0659. The highest BCUT2D eigenvalue weighted by Crippen LogP contribution is 2.22. The number of hydrogen-bond donors (Lipinski definition) is 2. The Morgan fingerprint density at radius 3 is 2.33 bits per heavy atom. The van der Waals surface area contributed by atoms with Crippen molar-refractivity contribution in [3.63, 3.8) is 0 Å². The van der Waals surface area contributed by atoms with Gasteiger partial charge < -0.3 is 24.7 Å². The highest BCUT2D eigenvalue weighted by Gasteiger charge is 2.17. The molecule has 0 aliphatic rings. The number of amides is 2. The molecular weight excluding hydrogens is 346 g/mol. The summed E-state index contributed by atoms with van der Waals surface area (Å²) < 4.78 is 10.3. The molecule has 1 aromatic heterocycles. The molecule has 0 radical (unpaired) electrons. The topological polar surface area (TPSA) is 83.7 Å². The van der Waals surface area contributed by atoms with Crippen LogP contribution in [0.4, 0.5) is 5.69 Å². The molecule has 1 heterocycles. The highest BCUT2D eigenvalue weighted by molar-refractivity contribution is 6.01. The normalized spacial score (nSPS) is 10.5. The van der Waals surface area contributed by atoms with Gasteiger partial charge in [-0.05, 0) is 42.5 Å². The number of aromatic nitrogens is 1. The van der Waals surface area contributed by atoms with Crippen molar-refractivity contribution in [1.29, 1.82) is 0 Å². The van der Waals surface area contributed by atoms with Crippen LogP contribution in [0.1, 0.15) is 10.5 Å². The summed E-state index contributed by atoms with van der Waals surface area (Å²) in [6, 6.07) is 14.3. The maximum atomic E-state index is 12.6. The van der Waals surface area contributed by atoms with Crippen molar-refractivity contribution >= 4 is 28.4 Å². The Morgan fingerprint density at radius 1 is 1.00 bits per heavy atom. The fraction of sp³-hybridized carbons (Fsp3) is 0.200. The quantitative estimate of drug-likeness (QED) is 0.702. The minimum atomic E-state index is -0.284. The fourth-order valence-corrected chi connectivity index (χ4v) is 2.72. The van der Waals surface area contributed by atoms with Gasteiger partial charge in [0.1, 0.15) is 17.2 Å². The molecule has 3 rings (SSSR count). The van der Waals surface area contributed by atoms with Gasteiger partial charge in [-0.2, -0.15) is 0 Å². The van der Waals surface area contributed by atoms with Crippen molar-refractivity contribution in [3.8, 4) is 11.5 Å². The molecule has 0 aliphatic carbocycles. The molecular formula is C20H21N3O4. The first-order chi connectivity index (χ1) is 13.0. The molecule has 7 heteroatoms. The number of nitrogens with one attached hydrogen (secondary N) is 2. The molecule has 0 saturated heterocycles. The minimum absolute atomic E-state index is 0.0659. The first-order valence-corrected chi connectivity index (χ1v) is 8.36. The number of fused-ring (bicyclic) bond motifs is 1. The molecule has 0 spiro atoms. The van der Waals surface area contributed by atoms with Gasteiger partial charge in [-0.1, -0.05) is 0 Å². The summed E-state index contributed by atoms with van der Waals surface area (Å²) in [6.07, 6.45) is 0. The van der Waals surface area contributed by atoms with Gasteiger partial charge in [-0.3, -0.25) is 9.59 Å². The van der Waals surface area contributed by atoms with Gasteiger partial charge in [0, 0.05) is 29.7 Å². The van der Waals surface area contributed by atoms with Gasteiger partial charge in [0.05, 0.1) is 20.8 Å². The molecule has 0 atom stereocenters. The number of likely N-dealkylation sites (N-methyl/N-ethyl adjacent to an activating group) is 1. The van der Waals surface area contributed by atoms with Crippen molar-refractivity contribution in [1.82, 2.24) is 9.88 Å². The maximum absolute atomic E-state index is 12.6. The SMILES string of the molecule is COc1ccc(NC(=O)CN(C)C(=O)c2cc3ccc(OC)cc3[nH]2)cc1. The predicted octanol–water partition coefficient (Wildman–Crippen LogP) is 2.90. The third-order valence-electron chi connectivity index (χ3n) is 4.16. The number of aromatic amines is 1. The van der Waals surface area contributed by atoms with Gasteiger partial charge in [0.15, 0.2) is 0 Å². The lowest BCUT2D eigenvalue weighted by atomic mass is 10.2. The molecule has 2 N–H and O–H groups in total. The van der Waals surface area contributed by atoms with Crippen molar-refractivity contribution in [2.75, 3.05) is 33.1 Å². The van der Waals surface area contributed by atoms with E-state index >= 15 is 0 Å². The summed E-state index contributed by atoms with van der Waals surface area (Å²) >= 11 is 0. The first-order valence-electron chi connectivity index (χ1n) is 8.36. The van der Waals surface area contributed by atoms with Crippen LogP contribution in [-0.4, -0.2) is 49.5 Å². The lowest BCUT2D eigenvalue weighted by molar-refractivity contribution is -0.116. The second-order valence-corrected chi connectivity index (χ2v) is 6.07. The molecule has 7 nitrogen and oxygen atoms in total. The molecule has 0 aliphatic heterocycles. The Bertz CT molecular complexity index is 963. The van der Waals surface area contributed by atoms with E-state index in [4.69, 9.17) is 9.47 Å². The molecule has 0 bridgehead atoms. The van der Waals surface area contributed by atoms with Gasteiger partial charge in [0.2, 0.25) is 5.91 Å². The number of rotatable bonds is 6. The standard InChI is InChI=1S/C20H21N3O4/c1-23(12-19(24)21-14-5-8-15(26-2)9-6-14)20(25)18-10-13-4-7-16(27-3)11-17(13)22-18/h4-11,22H,12H2,1-3H3,(H,21,24). The van der Waals surface area contributed by atoms with Gasteiger partial charge in [-0.15, -0.1) is 0 Å². The number of carbonyl (C=O) groups is 2. The Hall–Kier alpha value is -3.48. The van der Waals surface area contributed by atoms with E-state index in [1.54, 1.807) is 51.6 Å². The Morgan fingerprint density at radius 2 is 1.67 bits per heavy atom. The van der Waals surface area contributed by atoms with Crippen molar-refractivity contribution in [3.05, 3.63) is 54.2 Å². The van der Waals surface area contributed by atoms with Crippen LogP contribution >= 0.6 is 0 Å². The molecule has 140 valence electrons. The molecule has 27 heavy (non-hydrogen) atoms. The predicted molar refractivity (Wildman–Crippen MR) is 103 cm³/mol. The smallest absolute Gasteiger partial charge is 0.270 e. The zero-order valence-corrected chi connectivity index (χ0v) is 15.4. The summed E-state index contributed by atoms with van der Waals surface area (Å²) in [4.78, 5) is 29.2. The largest absolute Gasteiger partial charge is 0.497 e. The van der Waals surface area contributed by atoms with Crippen LogP contribution in [0.25, 0.3) is 10.9 Å². The lowest BCUT2D eigenvalue weighted by Crippen LogP contribution is -2.35. The van der Waals surface area contributed by atoms with Crippen molar-refractivity contribution in [2.45, 2.75) is 0 Å². The molecule has 0 fully saturated rings. The van der Waals surface area contributed by atoms with E-state index < -0.39 is 0 Å². The van der Waals surface area contributed by atoms with Crippen LogP contribution < -0.4 is 14.8 Å². The number of methoxy groups -OCH3 is 2. The van der Waals surface area contributed by atoms with Gasteiger partial charge in [0.25, 0.3) is 5.91 Å². The fourth-order valence-electron chi connectivity index (χ4n) is 2.72. The van der Waals surface area contributed by atoms with Crippen LogP contribution in [0.3, 0.4) is 0 Å². The monoisotopic (exact) mass is 367 g/mol. The van der Waals surface area contributed by atoms with Crippen LogP contribution in [0, 0.1) is 0 Å². The Balaban J connectivity index is 1.64. The average Bonchev–Trinajstić information content (AvgIpc) is 3.10. The van der Waals surface area contributed by atoms with E-state index in [0.29, 0.717) is 22.9 Å². The van der Waals surface area contributed by atoms with Gasteiger partial charge in [-0.25, -0.2) is 0 Å². The van der Waals surface area contributed by atoms with E-state index in [0.717, 1.165) is 10.9 Å². The summed E-state index contributed by atoms with van der Waals surface area (Å²) in [7, 11) is 4.75. The van der Waals surface area contributed by atoms with E-state index in [1.807, 2.05) is 18.2 Å². The zero-order valence-electron chi connectivity index (χ0n) is 15.4. The van der Waals surface area contributed by atoms with Crippen LogP contribution in [-0.2, 0) is 4.79 Å². The van der Waals surface area contributed by atoms with Gasteiger partial charge >= 0.3 is 0 Å². The summed E-state index contributed by atoms with van der Waals surface area (Å²) in [5, 5.41) is 3.66. The number of H-pyrrole nitrogens is 1. The number of ether oxygens (including phenoxy) is 2. The molecule has 0 saturated carbocycles. The first kappa shape index (κ1) is 18.3. The number of benzene rings is 2. The number of nitrogens with zero attached hydrogens (tertiary/aromatic N) is 1. The second kappa shape index (κ2) is 7.82. The molecule has 2 aromatic carbocycles.